The molecule has 4 heteroatoms. The summed E-state index contributed by atoms with van der Waals surface area (Å²) in [6, 6.07) is 9.45. The highest BCUT2D eigenvalue weighted by atomic mass is 79.9. The van der Waals surface area contributed by atoms with E-state index < -0.39 is 0 Å². The average Bonchev–Trinajstić information content (AvgIpc) is 2.16. The van der Waals surface area contributed by atoms with Crippen molar-refractivity contribution < 1.29 is 4.74 Å². The Balaban J connectivity index is 2.92. The topological polar surface area (TPSA) is 33.0 Å². The van der Waals surface area contributed by atoms with Crippen molar-refractivity contribution in [2.24, 2.45) is 0 Å². The predicted molar refractivity (Wildman–Crippen MR) is 63.4 cm³/mol. The van der Waals surface area contributed by atoms with Crippen molar-refractivity contribution in [3.05, 3.63) is 33.2 Å². The van der Waals surface area contributed by atoms with Crippen LogP contribution < -0.4 is 4.74 Å². The van der Waals surface area contributed by atoms with E-state index in [1.54, 1.807) is 0 Å². The molecule has 1 aromatic rings. The minimum Gasteiger partial charge on any atom is -0.478 e. The number of hydrogen-bond donors (Lipinski definition) is 0. The molecule has 0 unspecified atom stereocenters. The first-order valence-electron chi connectivity index (χ1n) is 3.85. The lowest BCUT2D eigenvalue weighted by atomic mass is 10.2. The smallest absolute Gasteiger partial charge is 0.174 e. The number of rotatable bonds is 3. The molecule has 0 radical (unpaired) electrons. The van der Waals surface area contributed by atoms with Gasteiger partial charge in [0.2, 0.25) is 0 Å². The summed E-state index contributed by atoms with van der Waals surface area (Å²) in [5, 5.41) is 8.39. The third kappa shape index (κ3) is 3.52. The molecule has 0 atom stereocenters. The second kappa shape index (κ2) is 5.84. The average molecular weight is 317 g/mol. The minimum absolute atomic E-state index is 0.0603. The van der Waals surface area contributed by atoms with Crippen molar-refractivity contribution in [1.82, 2.24) is 0 Å². The molecule has 0 saturated carbocycles. The standard InChI is InChI=1S/C10H7Br2NO/c11-10(12)7-8-3-1-2-4-9(8)14-6-5-13/h1-4,7H,6H2. The van der Waals surface area contributed by atoms with Gasteiger partial charge in [0.15, 0.2) is 6.61 Å². The molecule has 0 aliphatic carbocycles. The SMILES string of the molecule is N#CCOc1ccccc1C=C(Br)Br. The van der Waals surface area contributed by atoms with Crippen molar-refractivity contribution in [2.45, 2.75) is 0 Å². The van der Waals surface area contributed by atoms with Crippen LogP contribution in [0.15, 0.2) is 27.7 Å². The van der Waals surface area contributed by atoms with Gasteiger partial charge < -0.3 is 4.74 Å². The Morgan fingerprint density at radius 1 is 1.43 bits per heavy atom. The van der Waals surface area contributed by atoms with Crippen molar-refractivity contribution in [1.29, 1.82) is 5.26 Å². The van der Waals surface area contributed by atoms with Crippen LogP contribution in [0, 0.1) is 11.3 Å². The number of ether oxygens (including phenoxy) is 1. The Morgan fingerprint density at radius 3 is 2.79 bits per heavy atom. The number of halogens is 2. The Morgan fingerprint density at radius 2 is 2.14 bits per heavy atom. The van der Waals surface area contributed by atoms with E-state index in [9.17, 15) is 0 Å². The van der Waals surface area contributed by atoms with Crippen LogP contribution in [0.1, 0.15) is 5.56 Å². The number of nitriles is 1. The van der Waals surface area contributed by atoms with Crippen molar-refractivity contribution in [2.75, 3.05) is 6.61 Å². The van der Waals surface area contributed by atoms with Crippen molar-refractivity contribution in [3.8, 4) is 11.8 Å². The molecule has 0 saturated heterocycles. The van der Waals surface area contributed by atoms with Crippen LogP contribution in [0.3, 0.4) is 0 Å². The summed E-state index contributed by atoms with van der Waals surface area (Å²) in [5.74, 6) is 0.699. The zero-order valence-electron chi connectivity index (χ0n) is 7.21. The first-order chi connectivity index (χ1) is 6.74. The van der Waals surface area contributed by atoms with Crippen LogP contribution in [0.25, 0.3) is 6.08 Å². The van der Waals surface area contributed by atoms with E-state index in [0.717, 1.165) is 8.96 Å². The highest BCUT2D eigenvalue weighted by Gasteiger charge is 1.99. The van der Waals surface area contributed by atoms with E-state index in [-0.39, 0.29) is 6.61 Å². The quantitative estimate of drug-likeness (QED) is 0.852. The molecule has 14 heavy (non-hydrogen) atoms. The lowest BCUT2D eigenvalue weighted by Gasteiger charge is -2.04. The van der Waals surface area contributed by atoms with Gasteiger partial charge in [-0.15, -0.1) is 0 Å². The maximum atomic E-state index is 8.39. The van der Waals surface area contributed by atoms with Crippen molar-refractivity contribution in [3.63, 3.8) is 0 Å². The van der Waals surface area contributed by atoms with Gasteiger partial charge in [0.25, 0.3) is 0 Å². The minimum atomic E-state index is 0.0603. The third-order valence-corrected chi connectivity index (χ3v) is 1.93. The molecule has 1 rings (SSSR count). The van der Waals surface area contributed by atoms with E-state index in [1.807, 2.05) is 36.4 Å². The number of hydrogen-bond acceptors (Lipinski definition) is 2. The van der Waals surface area contributed by atoms with Gasteiger partial charge in [-0.3, -0.25) is 0 Å². The molecule has 0 spiro atoms. The predicted octanol–water partition coefficient (Wildman–Crippen LogP) is 3.68. The summed E-state index contributed by atoms with van der Waals surface area (Å²) in [6.07, 6.45) is 1.87. The van der Waals surface area contributed by atoms with Gasteiger partial charge in [-0.25, -0.2) is 0 Å². The lowest BCUT2D eigenvalue weighted by molar-refractivity contribution is 0.367. The Hall–Kier alpha value is -0.790. The monoisotopic (exact) mass is 315 g/mol. The summed E-state index contributed by atoms with van der Waals surface area (Å²) >= 11 is 6.54. The normalized spacial score (nSPS) is 8.93. The fourth-order valence-corrected chi connectivity index (χ4v) is 1.45. The van der Waals surface area contributed by atoms with E-state index in [2.05, 4.69) is 31.9 Å². The fourth-order valence-electron chi connectivity index (χ4n) is 0.959. The number of benzene rings is 1. The van der Waals surface area contributed by atoms with E-state index in [0.29, 0.717) is 5.75 Å². The zero-order valence-corrected chi connectivity index (χ0v) is 10.4. The molecule has 0 amide bonds. The molecule has 1 aromatic carbocycles. The van der Waals surface area contributed by atoms with Gasteiger partial charge in [-0.1, -0.05) is 18.2 Å². The molecule has 72 valence electrons. The lowest BCUT2D eigenvalue weighted by Crippen LogP contribution is -1.94. The highest BCUT2D eigenvalue weighted by molar-refractivity contribution is 9.28. The van der Waals surface area contributed by atoms with Crippen LogP contribution in [0.5, 0.6) is 5.75 Å². The third-order valence-electron chi connectivity index (χ3n) is 1.48. The summed E-state index contributed by atoms with van der Waals surface area (Å²) < 4.78 is 6.07. The zero-order chi connectivity index (χ0) is 10.4. The van der Waals surface area contributed by atoms with Gasteiger partial charge in [0, 0.05) is 5.56 Å². The fraction of sp³-hybridized carbons (Fsp3) is 0.100. The Kier molecular flexibility index (Phi) is 4.71. The van der Waals surface area contributed by atoms with Crippen LogP contribution in [-0.2, 0) is 0 Å². The molecule has 0 N–H and O–H groups in total. The molecule has 2 nitrogen and oxygen atoms in total. The first-order valence-corrected chi connectivity index (χ1v) is 5.44. The van der Waals surface area contributed by atoms with E-state index in [1.165, 1.54) is 0 Å². The summed E-state index contributed by atoms with van der Waals surface area (Å²) in [7, 11) is 0. The highest BCUT2D eigenvalue weighted by Crippen LogP contribution is 2.24. The van der Waals surface area contributed by atoms with E-state index >= 15 is 0 Å². The molecule has 0 heterocycles. The Bertz CT molecular complexity index is 378. The second-order valence-corrected chi connectivity index (χ2v) is 5.19. The molecular weight excluding hydrogens is 310 g/mol. The van der Waals surface area contributed by atoms with Gasteiger partial charge in [0.05, 0.1) is 3.39 Å². The summed E-state index contributed by atoms with van der Waals surface area (Å²) in [4.78, 5) is 0. The van der Waals surface area contributed by atoms with Crippen molar-refractivity contribution >= 4 is 37.9 Å². The van der Waals surface area contributed by atoms with Crippen LogP contribution in [0.2, 0.25) is 0 Å². The molecule has 0 aromatic heterocycles. The van der Waals surface area contributed by atoms with Crippen LogP contribution >= 0.6 is 31.9 Å². The van der Waals surface area contributed by atoms with Gasteiger partial charge >= 0.3 is 0 Å². The van der Waals surface area contributed by atoms with Gasteiger partial charge in [-0.2, -0.15) is 5.26 Å². The summed E-state index contributed by atoms with van der Waals surface area (Å²) in [6.45, 7) is 0.0603. The molecule has 0 bridgehead atoms. The van der Waals surface area contributed by atoms with E-state index in [4.69, 9.17) is 10.00 Å². The largest absolute Gasteiger partial charge is 0.478 e. The maximum absolute atomic E-state index is 8.39. The Labute approximate surface area is 99.4 Å². The molecular formula is C10H7Br2NO. The maximum Gasteiger partial charge on any atom is 0.174 e. The van der Waals surface area contributed by atoms with Gasteiger partial charge in [-0.05, 0) is 44.0 Å². The van der Waals surface area contributed by atoms with Gasteiger partial charge in [0.1, 0.15) is 11.8 Å². The van der Waals surface area contributed by atoms with Crippen LogP contribution in [-0.4, -0.2) is 6.61 Å². The number of para-hydroxylation sites is 1. The molecule has 0 aliphatic heterocycles. The first kappa shape index (κ1) is 11.3. The second-order valence-electron chi connectivity index (χ2n) is 2.42. The molecule has 0 aliphatic rings. The summed E-state index contributed by atoms with van der Waals surface area (Å²) in [5.41, 5.74) is 0.923. The number of nitrogens with zero attached hydrogens (tertiary/aromatic N) is 1. The van der Waals surface area contributed by atoms with Crippen LogP contribution in [0.4, 0.5) is 0 Å². The molecule has 0 fully saturated rings.